The predicted molar refractivity (Wildman–Crippen MR) is 97.6 cm³/mol. The highest BCUT2D eigenvalue weighted by atomic mass is 19.4. The summed E-state index contributed by atoms with van der Waals surface area (Å²) in [5, 5.41) is 2.78. The smallest absolute Gasteiger partial charge is 0.416 e. The van der Waals surface area contributed by atoms with Gasteiger partial charge >= 0.3 is 6.18 Å². The second-order valence-electron chi connectivity index (χ2n) is 6.84. The number of halogens is 3. The zero-order valence-corrected chi connectivity index (χ0v) is 15.0. The molecule has 144 valence electrons. The Kier molecular flexibility index (Phi) is 4.45. The van der Waals surface area contributed by atoms with E-state index in [9.17, 15) is 18.0 Å². The first-order valence-corrected chi connectivity index (χ1v) is 8.83. The summed E-state index contributed by atoms with van der Waals surface area (Å²) >= 11 is 0. The molecule has 2 atom stereocenters. The highest BCUT2D eigenvalue weighted by molar-refractivity contribution is 5.95. The fourth-order valence-electron chi connectivity index (χ4n) is 3.35. The second-order valence-corrected chi connectivity index (χ2v) is 6.84. The number of nitrogens with zero attached hydrogens (tertiary/aromatic N) is 1. The van der Waals surface area contributed by atoms with Crippen LogP contribution in [0.25, 0.3) is 11.3 Å². The number of carbonyl (C=O) groups is 1. The zero-order chi connectivity index (χ0) is 19.9. The second kappa shape index (κ2) is 6.82. The molecular weight excluding hydrogens is 369 g/mol. The lowest BCUT2D eigenvalue weighted by atomic mass is 10.0. The maximum absolute atomic E-state index is 13.2. The average molecular weight is 386 g/mol. The van der Waals surface area contributed by atoms with Crippen molar-refractivity contribution < 1.29 is 22.4 Å². The predicted octanol–water partition coefficient (Wildman–Crippen LogP) is 5.41. The molecule has 4 rings (SSSR count). The molecule has 0 spiro atoms. The largest absolute Gasteiger partial charge is 0.441 e. The van der Waals surface area contributed by atoms with Crippen LogP contribution in [0.3, 0.4) is 0 Å². The van der Waals surface area contributed by atoms with Gasteiger partial charge in [0.2, 0.25) is 5.91 Å². The topological polar surface area (TPSA) is 55.1 Å². The van der Waals surface area contributed by atoms with E-state index in [1.54, 1.807) is 43.5 Å². The van der Waals surface area contributed by atoms with Gasteiger partial charge in [0.05, 0.1) is 11.8 Å². The standard InChI is InChI=1S/C21H17F3N2O2/c1-12-25-11-19(28-12)13-6-8-14(9-7-13)26-20(27)17-10-16(17)15-4-2-3-5-18(15)21(22,23)24/h2-9,11,16-17H,10H2,1H3,(H,26,27)/t16-,17+/m1/s1. The molecule has 0 saturated heterocycles. The Balaban J connectivity index is 1.43. The normalized spacial score (nSPS) is 18.7. The minimum Gasteiger partial charge on any atom is -0.441 e. The first-order valence-electron chi connectivity index (χ1n) is 8.83. The van der Waals surface area contributed by atoms with Crippen LogP contribution in [-0.4, -0.2) is 10.9 Å². The third-order valence-corrected chi connectivity index (χ3v) is 4.85. The van der Waals surface area contributed by atoms with Gasteiger partial charge in [0.15, 0.2) is 11.7 Å². The van der Waals surface area contributed by atoms with Crippen molar-refractivity contribution in [3.05, 3.63) is 71.7 Å². The van der Waals surface area contributed by atoms with Crippen molar-refractivity contribution in [2.75, 3.05) is 5.32 Å². The van der Waals surface area contributed by atoms with Crippen molar-refractivity contribution in [3.8, 4) is 11.3 Å². The fraction of sp³-hybridized carbons (Fsp3) is 0.238. The highest BCUT2D eigenvalue weighted by Gasteiger charge is 2.47. The van der Waals surface area contributed by atoms with Crippen molar-refractivity contribution in [2.24, 2.45) is 5.92 Å². The summed E-state index contributed by atoms with van der Waals surface area (Å²) in [7, 11) is 0. The molecule has 28 heavy (non-hydrogen) atoms. The van der Waals surface area contributed by atoms with Crippen molar-refractivity contribution in [3.63, 3.8) is 0 Å². The number of amides is 1. The Bertz CT molecular complexity index is 1010. The highest BCUT2D eigenvalue weighted by Crippen LogP contribution is 2.51. The molecule has 1 aliphatic carbocycles. The van der Waals surface area contributed by atoms with Crippen molar-refractivity contribution in [1.82, 2.24) is 4.98 Å². The SMILES string of the molecule is Cc1ncc(-c2ccc(NC(=O)[C@H]3C[C@@H]3c3ccccc3C(F)(F)F)cc2)o1. The molecule has 1 aromatic heterocycles. The van der Waals surface area contributed by atoms with E-state index in [4.69, 9.17) is 4.42 Å². The Labute approximate surface area is 159 Å². The van der Waals surface area contributed by atoms with Gasteiger partial charge in [-0.15, -0.1) is 0 Å². The third-order valence-electron chi connectivity index (χ3n) is 4.85. The monoisotopic (exact) mass is 386 g/mol. The van der Waals surface area contributed by atoms with Gasteiger partial charge in [0.1, 0.15) is 0 Å². The molecule has 4 nitrogen and oxygen atoms in total. The average Bonchev–Trinajstić information content (AvgIpc) is 3.36. The number of aryl methyl sites for hydroxylation is 1. The third kappa shape index (κ3) is 3.65. The summed E-state index contributed by atoms with van der Waals surface area (Å²) < 4.78 is 45.0. The van der Waals surface area contributed by atoms with Gasteiger partial charge in [0.25, 0.3) is 0 Å². The van der Waals surface area contributed by atoms with Gasteiger partial charge in [-0.3, -0.25) is 4.79 Å². The number of hydrogen-bond acceptors (Lipinski definition) is 3. The maximum Gasteiger partial charge on any atom is 0.416 e. The summed E-state index contributed by atoms with van der Waals surface area (Å²) in [5.74, 6) is 0.0484. The van der Waals surface area contributed by atoms with Crippen LogP contribution >= 0.6 is 0 Å². The summed E-state index contributed by atoms with van der Waals surface area (Å²) in [6.07, 6.45) is -2.39. The lowest BCUT2D eigenvalue weighted by Gasteiger charge is -2.12. The van der Waals surface area contributed by atoms with Crippen molar-refractivity contribution >= 4 is 11.6 Å². The number of aromatic nitrogens is 1. The molecule has 7 heteroatoms. The van der Waals surface area contributed by atoms with Crippen LogP contribution in [0.5, 0.6) is 0 Å². The van der Waals surface area contributed by atoms with Gasteiger partial charge in [-0.2, -0.15) is 13.2 Å². The van der Waals surface area contributed by atoms with E-state index in [0.717, 1.165) is 11.6 Å². The van der Waals surface area contributed by atoms with Crippen LogP contribution in [0, 0.1) is 12.8 Å². The lowest BCUT2D eigenvalue weighted by molar-refractivity contribution is -0.138. The molecule has 1 heterocycles. The van der Waals surface area contributed by atoms with Crippen LogP contribution < -0.4 is 5.32 Å². The molecule has 0 radical (unpaired) electrons. The van der Waals surface area contributed by atoms with E-state index < -0.39 is 23.6 Å². The molecule has 1 saturated carbocycles. The molecule has 0 bridgehead atoms. The number of anilines is 1. The molecule has 2 aromatic carbocycles. The van der Waals surface area contributed by atoms with E-state index in [-0.39, 0.29) is 11.5 Å². The van der Waals surface area contributed by atoms with Crippen molar-refractivity contribution in [1.29, 1.82) is 0 Å². The van der Waals surface area contributed by atoms with Gasteiger partial charge in [0, 0.05) is 24.1 Å². The lowest BCUT2D eigenvalue weighted by Crippen LogP contribution is -2.15. The number of oxazole rings is 1. The van der Waals surface area contributed by atoms with Gasteiger partial charge in [-0.1, -0.05) is 18.2 Å². The minimum absolute atomic E-state index is 0.186. The first kappa shape index (κ1) is 18.3. The summed E-state index contributed by atoms with van der Waals surface area (Å²) in [5.41, 5.74) is 0.926. The van der Waals surface area contributed by atoms with Gasteiger partial charge in [-0.05, 0) is 48.2 Å². The summed E-state index contributed by atoms with van der Waals surface area (Å²) in [6.45, 7) is 1.75. The summed E-state index contributed by atoms with van der Waals surface area (Å²) in [4.78, 5) is 16.5. The summed E-state index contributed by atoms with van der Waals surface area (Å²) in [6, 6.07) is 12.5. The van der Waals surface area contributed by atoms with Crippen LogP contribution in [0.15, 0.2) is 59.1 Å². The van der Waals surface area contributed by atoms with Crippen LogP contribution in [0.4, 0.5) is 18.9 Å². The molecule has 0 unspecified atom stereocenters. The Morgan fingerprint density at radius 1 is 1.14 bits per heavy atom. The molecule has 3 aromatic rings. The van der Waals surface area contributed by atoms with Crippen LogP contribution in [-0.2, 0) is 11.0 Å². The number of hydrogen-bond donors (Lipinski definition) is 1. The molecular formula is C21H17F3N2O2. The molecule has 0 aliphatic heterocycles. The van der Waals surface area contributed by atoms with Gasteiger partial charge < -0.3 is 9.73 Å². The zero-order valence-electron chi connectivity index (χ0n) is 15.0. The maximum atomic E-state index is 13.2. The minimum atomic E-state index is -4.42. The van der Waals surface area contributed by atoms with Gasteiger partial charge in [-0.25, -0.2) is 4.98 Å². The van der Waals surface area contributed by atoms with Crippen molar-refractivity contribution in [2.45, 2.75) is 25.4 Å². The molecule has 1 N–H and O–H groups in total. The van der Waals surface area contributed by atoms with E-state index in [0.29, 0.717) is 23.8 Å². The first-order chi connectivity index (χ1) is 13.3. The number of benzene rings is 2. The molecule has 1 fully saturated rings. The number of rotatable bonds is 4. The number of nitrogens with one attached hydrogen (secondary N) is 1. The fourth-order valence-corrected chi connectivity index (χ4v) is 3.35. The van der Waals surface area contributed by atoms with E-state index >= 15 is 0 Å². The van der Waals surface area contributed by atoms with E-state index in [1.807, 2.05) is 0 Å². The molecule has 1 aliphatic rings. The Morgan fingerprint density at radius 3 is 2.50 bits per heavy atom. The quantitative estimate of drug-likeness (QED) is 0.652. The number of carbonyl (C=O) groups excluding carboxylic acids is 1. The van der Waals surface area contributed by atoms with Crippen LogP contribution in [0.2, 0.25) is 0 Å². The Morgan fingerprint density at radius 2 is 1.86 bits per heavy atom. The Hall–Kier alpha value is -3.09. The van der Waals surface area contributed by atoms with E-state index in [2.05, 4.69) is 10.3 Å². The molecule has 1 amide bonds. The van der Waals surface area contributed by atoms with E-state index in [1.165, 1.54) is 12.1 Å². The van der Waals surface area contributed by atoms with Crippen LogP contribution in [0.1, 0.15) is 29.4 Å². The number of alkyl halides is 3.